The number of aryl methyl sites for hydroxylation is 1. The van der Waals surface area contributed by atoms with Gasteiger partial charge < -0.3 is 9.88 Å². The number of anilines is 1. The fraction of sp³-hybridized carbons (Fsp3) is 0.316. The fourth-order valence-corrected chi connectivity index (χ4v) is 5.04. The van der Waals surface area contributed by atoms with Gasteiger partial charge in [0.1, 0.15) is 0 Å². The van der Waals surface area contributed by atoms with Crippen molar-refractivity contribution in [2.45, 2.75) is 30.8 Å². The van der Waals surface area contributed by atoms with Crippen molar-refractivity contribution in [2.75, 3.05) is 11.1 Å². The molecule has 2 heterocycles. The molecule has 0 radical (unpaired) electrons. The van der Waals surface area contributed by atoms with Crippen LogP contribution in [0.1, 0.15) is 23.3 Å². The number of rotatable bonds is 5. The van der Waals surface area contributed by atoms with Gasteiger partial charge in [0.05, 0.1) is 5.75 Å². The first-order valence-electron chi connectivity index (χ1n) is 8.69. The number of carbonyl (C=O) groups excluding carboxylic acids is 1. The molecule has 0 saturated carbocycles. The molecule has 0 unspecified atom stereocenters. The van der Waals surface area contributed by atoms with Crippen LogP contribution in [0.3, 0.4) is 0 Å². The van der Waals surface area contributed by atoms with Crippen molar-refractivity contribution in [2.24, 2.45) is 7.05 Å². The Labute approximate surface area is 160 Å². The van der Waals surface area contributed by atoms with E-state index in [1.807, 2.05) is 53.3 Å². The van der Waals surface area contributed by atoms with Gasteiger partial charge in [0.15, 0.2) is 11.0 Å². The molecule has 1 N–H and O–H groups in total. The van der Waals surface area contributed by atoms with E-state index in [9.17, 15) is 4.79 Å². The summed E-state index contributed by atoms with van der Waals surface area (Å²) in [5, 5.41) is 14.6. The van der Waals surface area contributed by atoms with Crippen LogP contribution in [0.15, 0.2) is 40.9 Å². The number of para-hydroxylation sites is 1. The minimum atomic E-state index is -0.0429. The minimum absolute atomic E-state index is 0.0429. The van der Waals surface area contributed by atoms with Crippen LogP contribution in [0.5, 0.6) is 0 Å². The summed E-state index contributed by atoms with van der Waals surface area (Å²) in [4.78, 5) is 13.6. The zero-order chi connectivity index (χ0) is 17.9. The number of hydrogen-bond donors (Lipinski definition) is 1. The number of fused-ring (bicyclic) bond motifs is 1. The van der Waals surface area contributed by atoms with Gasteiger partial charge in [-0.3, -0.25) is 4.79 Å². The zero-order valence-corrected chi connectivity index (χ0v) is 16.2. The minimum Gasteiger partial charge on any atom is -0.325 e. The molecule has 0 saturated heterocycles. The Morgan fingerprint density at radius 2 is 2.04 bits per heavy atom. The first kappa shape index (κ1) is 17.3. The average molecular weight is 385 g/mol. The van der Waals surface area contributed by atoms with Crippen molar-refractivity contribution in [3.63, 3.8) is 0 Å². The van der Waals surface area contributed by atoms with E-state index < -0.39 is 0 Å². The summed E-state index contributed by atoms with van der Waals surface area (Å²) < 4.78 is 2.00. The summed E-state index contributed by atoms with van der Waals surface area (Å²) >= 11 is 3.24. The molecule has 1 aliphatic rings. The number of carbonyl (C=O) groups is 1. The lowest BCUT2D eigenvalue weighted by atomic mass is 9.96. The lowest BCUT2D eigenvalue weighted by Gasteiger charge is -2.12. The first-order valence-corrected chi connectivity index (χ1v) is 10.6. The molecule has 0 spiro atoms. The Hall–Kier alpha value is -2.12. The molecule has 5 nitrogen and oxygen atoms in total. The van der Waals surface area contributed by atoms with Gasteiger partial charge in [-0.15, -0.1) is 21.5 Å². The molecule has 0 fully saturated rings. The van der Waals surface area contributed by atoms with Crippen molar-refractivity contribution >= 4 is 34.7 Å². The second-order valence-electron chi connectivity index (χ2n) is 6.33. The molecule has 0 atom stereocenters. The van der Waals surface area contributed by atoms with E-state index >= 15 is 0 Å². The monoisotopic (exact) mass is 384 g/mol. The molecule has 7 heteroatoms. The van der Waals surface area contributed by atoms with E-state index in [-0.39, 0.29) is 5.91 Å². The van der Waals surface area contributed by atoms with Gasteiger partial charge in [0, 0.05) is 28.6 Å². The highest BCUT2D eigenvalue weighted by atomic mass is 32.2. The van der Waals surface area contributed by atoms with Crippen molar-refractivity contribution in [1.82, 2.24) is 14.8 Å². The lowest BCUT2D eigenvalue weighted by Crippen LogP contribution is -2.14. The van der Waals surface area contributed by atoms with Gasteiger partial charge in [-0.2, -0.15) is 0 Å². The quantitative estimate of drug-likeness (QED) is 0.671. The highest BCUT2D eigenvalue weighted by molar-refractivity contribution is 7.99. The van der Waals surface area contributed by atoms with Crippen LogP contribution in [0.25, 0.3) is 11.4 Å². The molecule has 26 heavy (non-hydrogen) atoms. The zero-order valence-electron chi connectivity index (χ0n) is 14.6. The molecule has 1 aliphatic carbocycles. The Kier molecular flexibility index (Phi) is 5.08. The molecule has 1 aromatic carbocycles. The van der Waals surface area contributed by atoms with Crippen molar-refractivity contribution in [1.29, 1.82) is 0 Å². The number of nitrogens with zero attached hydrogens (tertiary/aromatic N) is 3. The van der Waals surface area contributed by atoms with E-state index in [0.717, 1.165) is 23.1 Å². The Morgan fingerprint density at radius 1 is 1.23 bits per heavy atom. The van der Waals surface area contributed by atoms with Gasteiger partial charge in [0.25, 0.3) is 0 Å². The summed E-state index contributed by atoms with van der Waals surface area (Å²) in [6, 6.07) is 9.48. The van der Waals surface area contributed by atoms with E-state index in [1.165, 1.54) is 47.0 Å². The van der Waals surface area contributed by atoms with Crippen molar-refractivity contribution in [3.8, 4) is 11.4 Å². The van der Waals surface area contributed by atoms with Crippen LogP contribution in [-0.2, 0) is 24.7 Å². The highest BCUT2D eigenvalue weighted by Crippen LogP contribution is 2.36. The summed E-state index contributed by atoms with van der Waals surface area (Å²) in [6.07, 6.45) is 4.83. The SMILES string of the molecule is Cn1c(SCC(=O)Nc2ccccc2)nnc1-c1csc2c1CCCC2. The van der Waals surface area contributed by atoms with Gasteiger partial charge in [0.2, 0.25) is 5.91 Å². The maximum absolute atomic E-state index is 12.1. The Morgan fingerprint density at radius 3 is 2.88 bits per heavy atom. The topological polar surface area (TPSA) is 59.8 Å². The van der Waals surface area contributed by atoms with E-state index in [2.05, 4.69) is 20.9 Å². The fourth-order valence-electron chi connectivity index (χ4n) is 3.21. The number of nitrogens with one attached hydrogen (secondary N) is 1. The molecule has 0 aliphatic heterocycles. The molecule has 1 amide bonds. The number of thiophene rings is 1. The predicted molar refractivity (Wildman–Crippen MR) is 107 cm³/mol. The maximum Gasteiger partial charge on any atom is 0.234 e. The summed E-state index contributed by atoms with van der Waals surface area (Å²) in [7, 11) is 1.97. The third kappa shape index (κ3) is 3.54. The largest absolute Gasteiger partial charge is 0.325 e. The second kappa shape index (κ2) is 7.63. The summed E-state index contributed by atoms with van der Waals surface area (Å²) in [6.45, 7) is 0. The molecule has 3 aromatic rings. The van der Waals surface area contributed by atoms with Crippen LogP contribution < -0.4 is 5.32 Å². The third-order valence-corrected chi connectivity index (χ3v) is 6.64. The predicted octanol–water partition coefficient (Wildman–Crippen LogP) is 4.15. The second-order valence-corrected chi connectivity index (χ2v) is 8.23. The van der Waals surface area contributed by atoms with Gasteiger partial charge >= 0.3 is 0 Å². The van der Waals surface area contributed by atoms with E-state index in [4.69, 9.17) is 0 Å². The Bertz CT molecular complexity index is 917. The molecular weight excluding hydrogens is 364 g/mol. The first-order chi connectivity index (χ1) is 12.7. The third-order valence-electron chi connectivity index (χ3n) is 4.53. The standard InChI is InChI=1S/C19H20N4OS2/c1-23-18(15-11-25-16-10-6-5-9-14(15)16)21-22-19(23)26-12-17(24)20-13-7-3-2-4-8-13/h2-4,7-8,11H,5-6,9-10,12H2,1H3,(H,20,24). The summed E-state index contributed by atoms with van der Waals surface area (Å²) in [5.41, 5.74) is 3.46. The molecule has 2 aromatic heterocycles. The maximum atomic E-state index is 12.1. The van der Waals surface area contributed by atoms with Crippen LogP contribution in [0.4, 0.5) is 5.69 Å². The van der Waals surface area contributed by atoms with Crippen LogP contribution >= 0.6 is 23.1 Å². The van der Waals surface area contributed by atoms with Crippen LogP contribution in [0, 0.1) is 0 Å². The van der Waals surface area contributed by atoms with E-state index in [1.54, 1.807) is 0 Å². The van der Waals surface area contributed by atoms with Crippen LogP contribution in [-0.4, -0.2) is 26.4 Å². The summed E-state index contributed by atoms with van der Waals surface area (Å²) in [5.74, 6) is 1.16. The molecule has 4 rings (SSSR count). The smallest absolute Gasteiger partial charge is 0.234 e. The Balaban J connectivity index is 1.44. The number of benzene rings is 1. The number of thioether (sulfide) groups is 1. The number of hydrogen-bond acceptors (Lipinski definition) is 5. The van der Waals surface area contributed by atoms with Gasteiger partial charge in [-0.1, -0.05) is 30.0 Å². The van der Waals surface area contributed by atoms with E-state index in [0.29, 0.717) is 5.75 Å². The number of aromatic nitrogens is 3. The molecule has 0 bridgehead atoms. The van der Waals surface area contributed by atoms with Gasteiger partial charge in [-0.05, 0) is 43.4 Å². The normalized spacial score (nSPS) is 13.4. The lowest BCUT2D eigenvalue weighted by molar-refractivity contribution is -0.113. The van der Waals surface area contributed by atoms with Crippen molar-refractivity contribution < 1.29 is 4.79 Å². The van der Waals surface area contributed by atoms with Gasteiger partial charge in [-0.25, -0.2) is 0 Å². The molecular formula is C19H20N4OS2. The average Bonchev–Trinajstić information content (AvgIpc) is 3.24. The van der Waals surface area contributed by atoms with Crippen molar-refractivity contribution in [3.05, 3.63) is 46.2 Å². The van der Waals surface area contributed by atoms with Crippen LogP contribution in [0.2, 0.25) is 0 Å². The molecule has 134 valence electrons. The number of amides is 1. The highest BCUT2D eigenvalue weighted by Gasteiger charge is 2.21.